The number of rotatable bonds is 5. The number of amides is 2. The second kappa shape index (κ2) is 7.11. The highest BCUT2D eigenvalue weighted by Crippen LogP contribution is 2.31. The van der Waals surface area contributed by atoms with E-state index in [1.165, 1.54) is 23.1 Å². The van der Waals surface area contributed by atoms with Gasteiger partial charge in [0.05, 0.1) is 11.2 Å². The molecule has 6 nitrogen and oxygen atoms in total. The molecule has 1 fully saturated rings. The van der Waals surface area contributed by atoms with Crippen LogP contribution in [0, 0.1) is 18.2 Å². The Balaban J connectivity index is 2.13. The van der Waals surface area contributed by atoms with E-state index in [1.54, 1.807) is 20.8 Å². The zero-order valence-electron chi connectivity index (χ0n) is 14.6. The summed E-state index contributed by atoms with van der Waals surface area (Å²) in [4.78, 5) is 26.5. The molecule has 1 aliphatic heterocycles. The summed E-state index contributed by atoms with van der Waals surface area (Å²) in [7, 11) is -3.66. The highest BCUT2D eigenvalue weighted by molar-refractivity contribution is 7.90. The summed E-state index contributed by atoms with van der Waals surface area (Å²) >= 11 is 0. The van der Waals surface area contributed by atoms with E-state index in [9.17, 15) is 22.4 Å². The molecule has 25 heavy (non-hydrogen) atoms. The van der Waals surface area contributed by atoms with E-state index in [1.807, 2.05) is 0 Å². The third-order valence-electron chi connectivity index (χ3n) is 4.46. The first-order valence-corrected chi connectivity index (χ1v) is 9.83. The summed E-state index contributed by atoms with van der Waals surface area (Å²) in [5.74, 6) is -1.59. The number of sulfonamides is 1. The number of nitrogens with zero attached hydrogens (tertiary/aromatic N) is 1. The lowest BCUT2D eigenvalue weighted by atomic mass is 9.89. The van der Waals surface area contributed by atoms with Crippen molar-refractivity contribution >= 4 is 21.8 Å². The molecule has 2 amide bonds. The van der Waals surface area contributed by atoms with Crippen LogP contribution in [-0.2, 0) is 14.8 Å². The predicted octanol–water partition coefficient (Wildman–Crippen LogP) is 1.84. The van der Waals surface area contributed by atoms with Crippen LogP contribution in [0.5, 0.6) is 0 Å². The summed E-state index contributed by atoms with van der Waals surface area (Å²) in [5, 5.41) is 0. The van der Waals surface area contributed by atoms with E-state index in [0.29, 0.717) is 24.9 Å². The SMILES string of the molecule is CCCS(=O)(=O)NC(=O)C1(C)CCN(C(=O)c2cc(F)ccc2C)C1. The second-order valence-corrected chi connectivity index (χ2v) is 8.59. The van der Waals surface area contributed by atoms with Crippen molar-refractivity contribution in [2.75, 3.05) is 18.8 Å². The number of benzene rings is 1. The fourth-order valence-corrected chi connectivity index (χ4v) is 4.07. The molecule has 1 atom stereocenters. The number of halogens is 1. The number of carbonyl (C=O) groups is 2. The molecule has 0 saturated carbocycles. The van der Waals surface area contributed by atoms with Gasteiger partial charge < -0.3 is 4.90 Å². The highest BCUT2D eigenvalue weighted by Gasteiger charge is 2.43. The summed E-state index contributed by atoms with van der Waals surface area (Å²) in [6.07, 6.45) is 0.753. The Bertz CT molecular complexity index is 794. The van der Waals surface area contributed by atoms with Gasteiger partial charge in [0.15, 0.2) is 0 Å². The molecule has 0 radical (unpaired) electrons. The Morgan fingerprint density at radius 2 is 2.04 bits per heavy atom. The van der Waals surface area contributed by atoms with E-state index >= 15 is 0 Å². The smallest absolute Gasteiger partial charge is 0.254 e. The first-order chi connectivity index (χ1) is 11.6. The van der Waals surface area contributed by atoms with Gasteiger partial charge in [0.1, 0.15) is 5.82 Å². The highest BCUT2D eigenvalue weighted by atomic mass is 32.2. The van der Waals surface area contributed by atoms with E-state index < -0.39 is 27.2 Å². The maximum atomic E-state index is 13.4. The van der Waals surface area contributed by atoms with E-state index in [-0.39, 0.29) is 23.8 Å². The molecule has 1 N–H and O–H groups in total. The first-order valence-electron chi connectivity index (χ1n) is 8.18. The molecule has 1 aromatic rings. The molecule has 0 aliphatic carbocycles. The van der Waals surface area contributed by atoms with Crippen molar-refractivity contribution in [3.05, 3.63) is 35.1 Å². The topological polar surface area (TPSA) is 83.6 Å². The zero-order valence-corrected chi connectivity index (χ0v) is 15.5. The third kappa shape index (κ3) is 4.36. The lowest BCUT2D eigenvalue weighted by Crippen LogP contribution is -2.44. The van der Waals surface area contributed by atoms with Crippen LogP contribution >= 0.6 is 0 Å². The molecular weight excluding hydrogens is 347 g/mol. The molecular formula is C17H23FN2O4S. The number of aryl methyl sites for hydroxylation is 1. The Morgan fingerprint density at radius 1 is 1.36 bits per heavy atom. The molecule has 0 aromatic heterocycles. The lowest BCUT2D eigenvalue weighted by Gasteiger charge is -2.24. The molecule has 1 heterocycles. The van der Waals surface area contributed by atoms with E-state index in [4.69, 9.17) is 0 Å². The molecule has 0 bridgehead atoms. The summed E-state index contributed by atoms with van der Waals surface area (Å²) in [6.45, 7) is 5.46. The van der Waals surface area contributed by atoms with Gasteiger partial charge in [-0.15, -0.1) is 0 Å². The van der Waals surface area contributed by atoms with Gasteiger partial charge in [-0.05, 0) is 44.4 Å². The number of nitrogens with one attached hydrogen (secondary N) is 1. The van der Waals surface area contributed by atoms with Crippen LogP contribution in [0.2, 0.25) is 0 Å². The van der Waals surface area contributed by atoms with Crippen molar-refractivity contribution in [3.63, 3.8) is 0 Å². The lowest BCUT2D eigenvalue weighted by molar-refractivity contribution is -0.127. The minimum absolute atomic E-state index is 0.0925. The van der Waals surface area contributed by atoms with Gasteiger partial charge in [0.2, 0.25) is 15.9 Å². The molecule has 1 aliphatic rings. The summed E-state index contributed by atoms with van der Waals surface area (Å²) < 4.78 is 39.1. The van der Waals surface area contributed by atoms with Crippen molar-refractivity contribution in [3.8, 4) is 0 Å². The molecule has 2 rings (SSSR count). The first kappa shape index (κ1) is 19.4. The molecule has 1 unspecified atom stereocenters. The van der Waals surface area contributed by atoms with Crippen LogP contribution in [0.1, 0.15) is 42.6 Å². The van der Waals surface area contributed by atoms with Gasteiger partial charge >= 0.3 is 0 Å². The summed E-state index contributed by atoms with van der Waals surface area (Å²) in [5.41, 5.74) is -0.0872. The largest absolute Gasteiger partial charge is 0.338 e. The Kier molecular flexibility index (Phi) is 5.51. The maximum absolute atomic E-state index is 13.4. The standard InChI is InChI=1S/C17H23FN2O4S/c1-4-9-25(23,24)19-16(22)17(3)7-8-20(11-17)15(21)14-10-13(18)6-5-12(14)2/h5-6,10H,4,7-9,11H2,1-3H3,(H,19,22). The minimum atomic E-state index is -3.66. The Labute approximate surface area is 147 Å². The van der Waals surface area contributed by atoms with Crippen LogP contribution in [0.3, 0.4) is 0 Å². The molecule has 138 valence electrons. The fraction of sp³-hybridized carbons (Fsp3) is 0.529. The van der Waals surface area contributed by atoms with Crippen molar-refractivity contribution in [2.45, 2.75) is 33.6 Å². The molecule has 8 heteroatoms. The van der Waals surface area contributed by atoms with Gasteiger partial charge in [-0.2, -0.15) is 0 Å². The van der Waals surface area contributed by atoms with Crippen molar-refractivity contribution in [2.24, 2.45) is 5.41 Å². The molecule has 0 spiro atoms. The monoisotopic (exact) mass is 370 g/mol. The molecule has 1 aromatic carbocycles. The van der Waals surface area contributed by atoms with Crippen LogP contribution < -0.4 is 4.72 Å². The van der Waals surface area contributed by atoms with E-state index in [2.05, 4.69) is 4.72 Å². The third-order valence-corrected chi connectivity index (χ3v) is 5.90. The van der Waals surface area contributed by atoms with Crippen LogP contribution in [-0.4, -0.2) is 44.0 Å². The minimum Gasteiger partial charge on any atom is -0.338 e. The quantitative estimate of drug-likeness (QED) is 0.857. The van der Waals surface area contributed by atoms with Gasteiger partial charge in [-0.25, -0.2) is 12.8 Å². The zero-order chi connectivity index (χ0) is 18.8. The van der Waals surface area contributed by atoms with Gasteiger partial charge in [0, 0.05) is 18.7 Å². The van der Waals surface area contributed by atoms with Crippen molar-refractivity contribution < 1.29 is 22.4 Å². The van der Waals surface area contributed by atoms with Crippen molar-refractivity contribution in [1.82, 2.24) is 9.62 Å². The van der Waals surface area contributed by atoms with Crippen LogP contribution in [0.4, 0.5) is 4.39 Å². The van der Waals surface area contributed by atoms with Gasteiger partial charge in [-0.1, -0.05) is 13.0 Å². The normalized spacial score (nSPS) is 20.6. The fourth-order valence-electron chi connectivity index (χ4n) is 2.90. The van der Waals surface area contributed by atoms with Crippen LogP contribution in [0.15, 0.2) is 18.2 Å². The number of carbonyl (C=O) groups excluding carboxylic acids is 2. The van der Waals surface area contributed by atoms with Crippen molar-refractivity contribution in [1.29, 1.82) is 0 Å². The maximum Gasteiger partial charge on any atom is 0.254 e. The Morgan fingerprint density at radius 3 is 2.68 bits per heavy atom. The second-order valence-electron chi connectivity index (χ2n) is 6.75. The number of hydrogen-bond donors (Lipinski definition) is 1. The average Bonchev–Trinajstić information content (AvgIpc) is 2.92. The van der Waals surface area contributed by atoms with Gasteiger partial charge in [-0.3, -0.25) is 14.3 Å². The number of likely N-dealkylation sites (tertiary alicyclic amines) is 1. The van der Waals surface area contributed by atoms with Crippen LogP contribution in [0.25, 0.3) is 0 Å². The van der Waals surface area contributed by atoms with Gasteiger partial charge in [0.25, 0.3) is 5.91 Å². The average molecular weight is 370 g/mol. The number of hydrogen-bond acceptors (Lipinski definition) is 4. The predicted molar refractivity (Wildman–Crippen MR) is 92.0 cm³/mol. The molecule has 1 saturated heterocycles. The van der Waals surface area contributed by atoms with E-state index in [0.717, 1.165) is 0 Å². The summed E-state index contributed by atoms with van der Waals surface area (Å²) in [6, 6.07) is 3.99. The Hall–Kier alpha value is -1.96.